The maximum absolute atomic E-state index is 10.3. The highest BCUT2D eigenvalue weighted by molar-refractivity contribution is 5.91. The van der Waals surface area contributed by atoms with Crippen LogP contribution in [0.4, 0.5) is 5.69 Å². The quantitative estimate of drug-likeness (QED) is 0.553. The van der Waals surface area contributed by atoms with Crippen molar-refractivity contribution in [1.82, 2.24) is 14.8 Å². The highest BCUT2D eigenvalue weighted by Gasteiger charge is 2.17. The molecule has 1 heterocycles. The van der Waals surface area contributed by atoms with Crippen LogP contribution in [0.3, 0.4) is 0 Å². The lowest BCUT2D eigenvalue weighted by atomic mass is 10.1. The molecule has 0 saturated carbocycles. The Kier molecular flexibility index (Phi) is 3.20. The first-order chi connectivity index (χ1) is 11.6. The van der Waals surface area contributed by atoms with Crippen LogP contribution in [0.25, 0.3) is 27.8 Å². The van der Waals surface area contributed by atoms with Gasteiger partial charge in [-0.1, -0.05) is 36.4 Å². The summed E-state index contributed by atoms with van der Waals surface area (Å²) in [6, 6.07) is 19.3. The summed E-state index contributed by atoms with van der Waals surface area (Å²) >= 11 is 0. The zero-order valence-electron chi connectivity index (χ0n) is 13.1. The van der Waals surface area contributed by atoms with Crippen LogP contribution in [0.5, 0.6) is 5.75 Å². The molecule has 1 aromatic heterocycles. The van der Waals surface area contributed by atoms with Crippen LogP contribution in [0.2, 0.25) is 0 Å². The van der Waals surface area contributed by atoms with Crippen molar-refractivity contribution in [3.05, 3.63) is 66.5 Å². The summed E-state index contributed by atoms with van der Waals surface area (Å²) < 4.78 is 1.95. The largest absolute Gasteiger partial charge is 0.507 e. The summed E-state index contributed by atoms with van der Waals surface area (Å²) in [6.07, 6.45) is 0. The molecule has 0 aliphatic heterocycles. The number of aromatic hydroxyl groups is 1. The van der Waals surface area contributed by atoms with Gasteiger partial charge in [-0.05, 0) is 30.5 Å². The highest BCUT2D eigenvalue weighted by Crippen LogP contribution is 2.33. The van der Waals surface area contributed by atoms with E-state index in [-0.39, 0.29) is 5.75 Å². The third-order valence-corrected chi connectivity index (χ3v) is 4.10. The summed E-state index contributed by atoms with van der Waals surface area (Å²) in [5, 5.41) is 21.0. The molecule has 0 aliphatic carbocycles. The van der Waals surface area contributed by atoms with Gasteiger partial charge in [-0.3, -0.25) is 4.57 Å². The lowest BCUT2D eigenvalue weighted by Crippen LogP contribution is -2.01. The van der Waals surface area contributed by atoms with Gasteiger partial charge < -0.3 is 10.8 Å². The highest BCUT2D eigenvalue weighted by atomic mass is 16.3. The zero-order chi connectivity index (χ0) is 16.7. The molecule has 0 atom stereocenters. The fourth-order valence-electron chi connectivity index (χ4n) is 2.97. The monoisotopic (exact) mass is 316 g/mol. The lowest BCUT2D eigenvalue weighted by molar-refractivity contribution is 0.477. The number of aryl methyl sites for hydroxylation is 1. The Labute approximate surface area is 139 Å². The number of hydrogen-bond acceptors (Lipinski definition) is 4. The summed E-state index contributed by atoms with van der Waals surface area (Å²) in [5.41, 5.74) is 7.80. The Bertz CT molecular complexity index is 1050. The third kappa shape index (κ3) is 2.18. The predicted molar refractivity (Wildman–Crippen MR) is 95.1 cm³/mol. The maximum Gasteiger partial charge on any atom is 0.172 e. The zero-order valence-corrected chi connectivity index (χ0v) is 13.1. The second kappa shape index (κ2) is 5.38. The molecule has 24 heavy (non-hydrogen) atoms. The number of nitrogen functional groups attached to an aromatic ring is 1. The molecule has 0 saturated heterocycles. The van der Waals surface area contributed by atoms with Crippen molar-refractivity contribution in [2.24, 2.45) is 0 Å². The van der Waals surface area contributed by atoms with Crippen molar-refractivity contribution in [2.45, 2.75) is 6.92 Å². The van der Waals surface area contributed by atoms with E-state index in [0.29, 0.717) is 17.1 Å². The molecule has 0 fully saturated rings. The molecule has 5 heteroatoms. The minimum atomic E-state index is 0.0869. The minimum Gasteiger partial charge on any atom is -0.507 e. The van der Waals surface area contributed by atoms with Crippen LogP contribution < -0.4 is 5.73 Å². The normalized spacial score (nSPS) is 11.0. The third-order valence-electron chi connectivity index (χ3n) is 4.10. The van der Waals surface area contributed by atoms with E-state index in [0.717, 1.165) is 22.3 Å². The van der Waals surface area contributed by atoms with Gasteiger partial charge in [0.2, 0.25) is 0 Å². The Morgan fingerprint density at radius 2 is 1.75 bits per heavy atom. The van der Waals surface area contributed by atoms with Gasteiger partial charge in [-0.2, -0.15) is 0 Å². The summed E-state index contributed by atoms with van der Waals surface area (Å²) in [7, 11) is 0. The number of fused-ring (bicyclic) bond motifs is 1. The number of aromatic nitrogens is 3. The Balaban J connectivity index is 2.01. The van der Waals surface area contributed by atoms with Crippen molar-refractivity contribution < 1.29 is 5.11 Å². The van der Waals surface area contributed by atoms with E-state index in [1.807, 2.05) is 35.8 Å². The SMILES string of the molecule is Cc1nnc(-c2ccc(N)cc2O)n1-c1cccc2ccccc12. The fraction of sp³-hybridized carbons (Fsp3) is 0.0526. The van der Waals surface area contributed by atoms with Crippen molar-refractivity contribution >= 4 is 16.5 Å². The Morgan fingerprint density at radius 3 is 2.58 bits per heavy atom. The first-order valence-electron chi connectivity index (χ1n) is 7.64. The van der Waals surface area contributed by atoms with E-state index in [1.165, 1.54) is 6.07 Å². The second-order valence-corrected chi connectivity index (χ2v) is 5.68. The molecule has 3 N–H and O–H groups in total. The van der Waals surface area contributed by atoms with E-state index >= 15 is 0 Å². The smallest absolute Gasteiger partial charge is 0.172 e. The molecule has 4 aromatic rings. The van der Waals surface area contributed by atoms with E-state index in [9.17, 15) is 5.11 Å². The number of phenols is 1. The molecule has 0 aliphatic rings. The molecule has 0 radical (unpaired) electrons. The fourth-order valence-corrected chi connectivity index (χ4v) is 2.97. The molecule has 3 aromatic carbocycles. The number of phenolic OH excluding ortho intramolecular Hbond substituents is 1. The molecular formula is C19H16N4O. The first kappa shape index (κ1) is 14.3. The number of benzene rings is 3. The molecule has 0 spiro atoms. The van der Waals surface area contributed by atoms with E-state index in [4.69, 9.17) is 5.73 Å². The standard InChI is InChI=1S/C19H16N4O/c1-12-21-22-19(16-10-9-14(20)11-18(16)24)23(12)17-8-4-6-13-5-2-3-7-15(13)17/h2-11,24H,20H2,1H3. The number of hydrogen-bond donors (Lipinski definition) is 2. The van der Waals surface area contributed by atoms with Crippen molar-refractivity contribution in [3.8, 4) is 22.8 Å². The molecule has 0 amide bonds. The molecule has 4 rings (SSSR count). The summed E-state index contributed by atoms with van der Waals surface area (Å²) in [5.74, 6) is 1.42. The van der Waals surface area contributed by atoms with Crippen LogP contribution in [0, 0.1) is 6.92 Å². The minimum absolute atomic E-state index is 0.0869. The second-order valence-electron chi connectivity index (χ2n) is 5.68. The molecule has 0 bridgehead atoms. The van der Waals surface area contributed by atoms with E-state index in [2.05, 4.69) is 28.4 Å². The van der Waals surface area contributed by atoms with Crippen molar-refractivity contribution in [3.63, 3.8) is 0 Å². The predicted octanol–water partition coefficient (Wildman–Crippen LogP) is 3.68. The van der Waals surface area contributed by atoms with E-state index in [1.54, 1.807) is 12.1 Å². The average molecular weight is 316 g/mol. The van der Waals surface area contributed by atoms with Gasteiger partial charge >= 0.3 is 0 Å². The van der Waals surface area contributed by atoms with Gasteiger partial charge in [0.1, 0.15) is 11.6 Å². The molecule has 0 unspecified atom stereocenters. The first-order valence-corrected chi connectivity index (χ1v) is 7.64. The van der Waals surface area contributed by atoms with Gasteiger partial charge in [-0.25, -0.2) is 0 Å². The van der Waals surface area contributed by atoms with E-state index < -0.39 is 0 Å². The summed E-state index contributed by atoms with van der Waals surface area (Å²) in [4.78, 5) is 0. The molecular weight excluding hydrogens is 300 g/mol. The molecule has 5 nitrogen and oxygen atoms in total. The van der Waals surface area contributed by atoms with Crippen LogP contribution in [-0.4, -0.2) is 19.9 Å². The van der Waals surface area contributed by atoms with Gasteiger partial charge in [0, 0.05) is 17.1 Å². The number of anilines is 1. The Hall–Kier alpha value is -3.34. The van der Waals surface area contributed by atoms with Gasteiger partial charge in [0.25, 0.3) is 0 Å². The number of rotatable bonds is 2. The van der Waals surface area contributed by atoms with Crippen molar-refractivity contribution in [2.75, 3.05) is 5.73 Å². The Morgan fingerprint density at radius 1 is 0.958 bits per heavy atom. The number of nitrogens with two attached hydrogens (primary N) is 1. The van der Waals surface area contributed by atoms with Gasteiger partial charge in [0.05, 0.1) is 11.3 Å². The topological polar surface area (TPSA) is 77.0 Å². The van der Waals surface area contributed by atoms with Crippen LogP contribution in [-0.2, 0) is 0 Å². The van der Waals surface area contributed by atoms with Crippen LogP contribution in [0.1, 0.15) is 5.82 Å². The average Bonchev–Trinajstić information content (AvgIpc) is 2.95. The lowest BCUT2D eigenvalue weighted by Gasteiger charge is -2.13. The van der Waals surface area contributed by atoms with Gasteiger partial charge in [0.15, 0.2) is 5.82 Å². The molecule has 118 valence electrons. The van der Waals surface area contributed by atoms with Crippen LogP contribution >= 0.6 is 0 Å². The van der Waals surface area contributed by atoms with Crippen molar-refractivity contribution in [1.29, 1.82) is 0 Å². The van der Waals surface area contributed by atoms with Gasteiger partial charge in [-0.15, -0.1) is 10.2 Å². The summed E-state index contributed by atoms with van der Waals surface area (Å²) in [6.45, 7) is 1.90. The number of nitrogens with zero attached hydrogens (tertiary/aromatic N) is 3. The maximum atomic E-state index is 10.3. The van der Waals surface area contributed by atoms with Crippen LogP contribution in [0.15, 0.2) is 60.7 Å².